The van der Waals surface area contributed by atoms with Crippen molar-refractivity contribution in [1.29, 1.82) is 0 Å². The summed E-state index contributed by atoms with van der Waals surface area (Å²) in [6, 6.07) is 5.10. The molecule has 0 N–H and O–H groups in total. The predicted octanol–water partition coefficient (Wildman–Crippen LogP) is 4.56. The molecule has 20 heavy (non-hydrogen) atoms. The first-order valence-corrected chi connectivity index (χ1v) is 6.07. The summed E-state index contributed by atoms with van der Waals surface area (Å²) in [5.74, 6) is -0.0359. The highest BCUT2D eigenvalue weighted by Crippen LogP contribution is 2.30. The Hall–Kier alpha value is -2.10. The molecule has 4 heteroatoms. The number of carbonyl (C=O) groups is 1. The van der Waals surface area contributed by atoms with E-state index in [1.165, 1.54) is 6.07 Å². The Kier molecular flexibility index (Phi) is 3.66. The first-order chi connectivity index (χ1) is 9.27. The molecular weight excluding hydrogens is 265 g/mol. The Labute approximate surface area is 115 Å². The molecule has 0 saturated carbocycles. The lowest BCUT2D eigenvalue weighted by Gasteiger charge is -2.10. The standard InChI is InChI=1S/C16H13F3O/c1-10-6-13(7-11(2)15(10)20)8-12-4-3-5-14(9-12)16(17,18)19/h3-9H,1-2H3. The average Bonchev–Trinajstić information content (AvgIpc) is 2.35. The molecule has 1 nitrogen and oxygen atoms in total. The van der Waals surface area contributed by atoms with Crippen LogP contribution in [0.1, 0.15) is 25.0 Å². The third-order valence-corrected chi connectivity index (χ3v) is 3.03. The first-order valence-electron chi connectivity index (χ1n) is 6.07. The normalized spacial score (nSPS) is 15.8. The number of halogens is 3. The van der Waals surface area contributed by atoms with Crippen LogP contribution >= 0.6 is 0 Å². The van der Waals surface area contributed by atoms with Gasteiger partial charge in [-0.15, -0.1) is 0 Å². The van der Waals surface area contributed by atoms with Gasteiger partial charge in [0.05, 0.1) is 5.56 Å². The van der Waals surface area contributed by atoms with Gasteiger partial charge >= 0.3 is 6.18 Å². The van der Waals surface area contributed by atoms with Gasteiger partial charge in [-0.25, -0.2) is 0 Å². The van der Waals surface area contributed by atoms with Crippen LogP contribution in [0.3, 0.4) is 0 Å². The summed E-state index contributed by atoms with van der Waals surface area (Å²) in [4.78, 5) is 11.6. The van der Waals surface area contributed by atoms with E-state index in [9.17, 15) is 18.0 Å². The lowest BCUT2D eigenvalue weighted by molar-refractivity contribution is -0.137. The molecule has 0 saturated heterocycles. The molecule has 0 heterocycles. The Morgan fingerprint density at radius 1 is 1.05 bits per heavy atom. The van der Waals surface area contributed by atoms with E-state index in [0.717, 1.165) is 17.7 Å². The Morgan fingerprint density at radius 2 is 1.65 bits per heavy atom. The molecule has 1 aromatic rings. The molecule has 0 bridgehead atoms. The van der Waals surface area contributed by atoms with Crippen molar-refractivity contribution >= 4 is 11.9 Å². The Bertz CT molecular complexity index is 622. The van der Waals surface area contributed by atoms with Gasteiger partial charge in [-0.05, 0) is 66.5 Å². The Morgan fingerprint density at radius 3 is 2.20 bits per heavy atom. The molecular formula is C16H13F3O. The summed E-state index contributed by atoms with van der Waals surface area (Å²) in [6.45, 7) is 3.39. The number of alkyl halides is 3. The molecule has 0 atom stereocenters. The summed E-state index contributed by atoms with van der Waals surface area (Å²) in [7, 11) is 0. The number of benzene rings is 1. The third-order valence-electron chi connectivity index (χ3n) is 3.03. The van der Waals surface area contributed by atoms with Crippen LogP contribution in [0, 0.1) is 0 Å². The molecule has 0 amide bonds. The molecule has 1 aromatic carbocycles. The van der Waals surface area contributed by atoms with E-state index in [4.69, 9.17) is 0 Å². The molecule has 0 radical (unpaired) electrons. The van der Waals surface area contributed by atoms with E-state index < -0.39 is 11.7 Å². The van der Waals surface area contributed by atoms with Gasteiger partial charge in [-0.1, -0.05) is 12.1 Å². The highest BCUT2D eigenvalue weighted by Gasteiger charge is 2.30. The highest BCUT2D eigenvalue weighted by molar-refractivity contribution is 6.09. The maximum absolute atomic E-state index is 12.6. The molecule has 104 valence electrons. The number of hydrogen-bond donors (Lipinski definition) is 0. The van der Waals surface area contributed by atoms with Crippen molar-refractivity contribution < 1.29 is 18.0 Å². The quantitative estimate of drug-likeness (QED) is 0.735. The lowest BCUT2D eigenvalue weighted by atomic mass is 9.94. The topological polar surface area (TPSA) is 17.1 Å². The average molecular weight is 278 g/mol. The van der Waals surface area contributed by atoms with Gasteiger partial charge in [0.2, 0.25) is 0 Å². The monoisotopic (exact) mass is 278 g/mol. The second-order valence-corrected chi connectivity index (χ2v) is 4.75. The molecule has 1 aliphatic carbocycles. The van der Waals surface area contributed by atoms with Crippen LogP contribution in [-0.2, 0) is 11.0 Å². The smallest absolute Gasteiger partial charge is 0.289 e. The van der Waals surface area contributed by atoms with Gasteiger partial charge in [0.1, 0.15) is 0 Å². The summed E-state index contributed by atoms with van der Waals surface area (Å²) in [5.41, 5.74) is 1.67. The summed E-state index contributed by atoms with van der Waals surface area (Å²) >= 11 is 0. The number of carbonyl (C=O) groups excluding carboxylic acids is 1. The number of hydrogen-bond acceptors (Lipinski definition) is 1. The van der Waals surface area contributed by atoms with Crippen LogP contribution < -0.4 is 0 Å². The van der Waals surface area contributed by atoms with Crippen LogP contribution in [0.25, 0.3) is 6.08 Å². The zero-order chi connectivity index (χ0) is 14.9. The first kappa shape index (κ1) is 14.3. The second-order valence-electron chi connectivity index (χ2n) is 4.75. The highest BCUT2D eigenvalue weighted by atomic mass is 19.4. The van der Waals surface area contributed by atoms with Crippen LogP contribution in [0.2, 0.25) is 0 Å². The van der Waals surface area contributed by atoms with E-state index in [0.29, 0.717) is 16.7 Å². The SMILES string of the molecule is CC1=CC(=Cc2cccc(C(F)(F)F)c2)C=C(C)C1=O. The summed E-state index contributed by atoms with van der Waals surface area (Å²) in [5, 5.41) is 0. The van der Waals surface area contributed by atoms with Gasteiger partial charge in [0, 0.05) is 0 Å². The van der Waals surface area contributed by atoms with Gasteiger partial charge in [-0.2, -0.15) is 13.2 Å². The van der Waals surface area contributed by atoms with Gasteiger partial charge < -0.3 is 0 Å². The van der Waals surface area contributed by atoms with E-state index in [-0.39, 0.29) is 5.78 Å². The van der Waals surface area contributed by atoms with E-state index in [1.54, 1.807) is 38.1 Å². The van der Waals surface area contributed by atoms with Gasteiger partial charge in [0.15, 0.2) is 5.78 Å². The largest absolute Gasteiger partial charge is 0.416 e. The zero-order valence-corrected chi connectivity index (χ0v) is 11.1. The van der Waals surface area contributed by atoms with E-state index in [1.807, 2.05) is 0 Å². The zero-order valence-electron chi connectivity index (χ0n) is 11.1. The molecule has 2 rings (SSSR count). The van der Waals surface area contributed by atoms with Gasteiger partial charge in [-0.3, -0.25) is 4.79 Å². The van der Waals surface area contributed by atoms with Gasteiger partial charge in [0.25, 0.3) is 0 Å². The number of Topliss-reactive ketones (excluding diaryl/α,β-unsaturated/α-hetero) is 1. The summed E-state index contributed by atoms with van der Waals surface area (Å²) < 4.78 is 37.9. The van der Waals surface area contributed by atoms with Crippen LogP contribution in [0.15, 0.2) is 53.1 Å². The molecule has 0 spiro atoms. The van der Waals surface area contributed by atoms with Crippen molar-refractivity contribution in [2.45, 2.75) is 20.0 Å². The third kappa shape index (κ3) is 3.07. The fourth-order valence-corrected chi connectivity index (χ4v) is 2.06. The minimum absolute atomic E-state index is 0.0359. The van der Waals surface area contributed by atoms with E-state index in [2.05, 4.69) is 0 Å². The van der Waals surface area contributed by atoms with Crippen molar-refractivity contribution in [3.63, 3.8) is 0 Å². The maximum atomic E-state index is 12.6. The molecule has 0 aromatic heterocycles. The van der Waals surface area contributed by atoms with Crippen molar-refractivity contribution in [3.05, 3.63) is 64.3 Å². The fraction of sp³-hybridized carbons (Fsp3) is 0.188. The molecule has 0 unspecified atom stereocenters. The molecule has 0 aliphatic heterocycles. The van der Waals surface area contributed by atoms with Crippen molar-refractivity contribution in [2.24, 2.45) is 0 Å². The van der Waals surface area contributed by atoms with Crippen LogP contribution in [0.4, 0.5) is 13.2 Å². The number of ketones is 1. The second kappa shape index (κ2) is 5.12. The number of allylic oxidation sites excluding steroid dienone is 5. The maximum Gasteiger partial charge on any atom is 0.416 e. The minimum atomic E-state index is -4.35. The van der Waals surface area contributed by atoms with Crippen molar-refractivity contribution in [2.75, 3.05) is 0 Å². The lowest BCUT2D eigenvalue weighted by Crippen LogP contribution is -2.06. The van der Waals surface area contributed by atoms with Crippen LogP contribution in [-0.4, -0.2) is 5.78 Å². The number of rotatable bonds is 1. The predicted molar refractivity (Wildman–Crippen MR) is 71.9 cm³/mol. The van der Waals surface area contributed by atoms with Crippen LogP contribution in [0.5, 0.6) is 0 Å². The molecule has 1 aliphatic rings. The summed E-state index contributed by atoms with van der Waals surface area (Å²) in [6.07, 6.45) is 0.633. The Balaban J connectivity index is 2.40. The minimum Gasteiger partial charge on any atom is -0.289 e. The van der Waals surface area contributed by atoms with Crippen molar-refractivity contribution in [3.8, 4) is 0 Å². The van der Waals surface area contributed by atoms with E-state index >= 15 is 0 Å². The van der Waals surface area contributed by atoms with Crippen molar-refractivity contribution in [1.82, 2.24) is 0 Å². The molecule has 0 fully saturated rings. The fourth-order valence-electron chi connectivity index (χ4n) is 2.06.